The van der Waals surface area contributed by atoms with E-state index in [1.165, 1.54) is 6.07 Å². The summed E-state index contributed by atoms with van der Waals surface area (Å²) in [5, 5.41) is 23.9. The van der Waals surface area contributed by atoms with Crippen LogP contribution in [-0.2, 0) is 19.4 Å². The van der Waals surface area contributed by atoms with Crippen LogP contribution in [0.15, 0.2) is 120 Å². The molecule has 0 bridgehead atoms. The molecule has 2 unspecified atom stereocenters. The average molecular weight is 790 g/mol. The van der Waals surface area contributed by atoms with Gasteiger partial charge in [0.1, 0.15) is 28.3 Å². The molecule has 2 atom stereocenters. The number of para-hydroxylation sites is 1. The predicted octanol–water partition coefficient (Wildman–Crippen LogP) is 11.2. The maximum atomic E-state index is 12.9. The average Bonchev–Trinajstić information content (AvgIpc) is 3.59. The molecule has 0 N–H and O–H groups in total. The third-order valence-corrected chi connectivity index (χ3v) is 12.0. The van der Waals surface area contributed by atoms with Crippen molar-refractivity contribution in [3.63, 3.8) is 0 Å². The van der Waals surface area contributed by atoms with Gasteiger partial charge in [-0.05, 0) is 80.8 Å². The van der Waals surface area contributed by atoms with E-state index in [-0.39, 0.29) is 43.8 Å². The van der Waals surface area contributed by atoms with Gasteiger partial charge in [-0.1, -0.05) is 72.8 Å². The maximum absolute atomic E-state index is 12.9. The van der Waals surface area contributed by atoms with Crippen LogP contribution in [0.25, 0.3) is 21.9 Å². The van der Waals surface area contributed by atoms with E-state index in [1.54, 1.807) is 20.3 Å². The van der Waals surface area contributed by atoms with E-state index in [4.69, 9.17) is 27.7 Å². The van der Waals surface area contributed by atoms with E-state index >= 15 is 0 Å². The zero-order chi connectivity index (χ0) is 40.5. The van der Waals surface area contributed by atoms with Crippen LogP contribution in [0.4, 0.5) is 5.69 Å². The SMILES string of the molecule is COc1ccc(C(OCCC(OP(OCCC#N)N(C(C)C)C(C)C)c2cc3c(cc2[N+](=O)[O-])oc2ccccc23)(c2ccccc2)c2ccc(OC)cc2)cc1. The highest BCUT2D eigenvalue weighted by molar-refractivity contribution is 7.44. The van der Waals surface area contributed by atoms with Gasteiger partial charge in [0.2, 0.25) is 0 Å². The molecular weight excluding hydrogens is 741 g/mol. The summed E-state index contributed by atoms with van der Waals surface area (Å²) in [7, 11) is 1.44. The van der Waals surface area contributed by atoms with Crippen molar-refractivity contribution in [3.8, 4) is 17.6 Å². The summed E-state index contributed by atoms with van der Waals surface area (Å²) in [5.41, 5.74) is 2.70. The molecule has 0 amide bonds. The number of nitro benzene ring substituents is 1. The largest absolute Gasteiger partial charge is 0.497 e. The van der Waals surface area contributed by atoms with E-state index in [0.29, 0.717) is 28.2 Å². The molecule has 0 aliphatic heterocycles. The van der Waals surface area contributed by atoms with Crippen LogP contribution in [0, 0.1) is 21.4 Å². The van der Waals surface area contributed by atoms with Crippen molar-refractivity contribution in [2.24, 2.45) is 0 Å². The standard InChI is InChI=1S/C45H48N3O8P/c1-31(2)47(32(3)4)57(54-27-12-26-46)56-43(40-29-39-38-15-10-11-16-42(38)55-44(39)30-41(40)48(49)50)25-28-53-45(33-13-8-7-9-14-33,34-17-21-36(51-5)22-18-34)35-19-23-37(52-6)24-20-35/h7-11,13-24,29-32,43H,12,25,27-28H2,1-6H3. The molecule has 0 aliphatic rings. The number of furan rings is 1. The summed E-state index contributed by atoms with van der Waals surface area (Å²) >= 11 is 0. The van der Waals surface area contributed by atoms with Crippen molar-refractivity contribution in [1.29, 1.82) is 5.26 Å². The lowest BCUT2D eigenvalue weighted by Gasteiger charge is -2.38. The molecule has 0 aliphatic carbocycles. The monoisotopic (exact) mass is 789 g/mol. The highest BCUT2D eigenvalue weighted by atomic mass is 31.2. The number of methoxy groups -OCH3 is 2. The Kier molecular flexibility index (Phi) is 13.6. The molecule has 0 radical (unpaired) electrons. The second kappa shape index (κ2) is 18.7. The molecule has 0 spiro atoms. The van der Waals surface area contributed by atoms with Crippen molar-refractivity contribution in [2.75, 3.05) is 27.4 Å². The predicted molar refractivity (Wildman–Crippen MR) is 222 cm³/mol. The molecule has 11 nitrogen and oxygen atoms in total. The van der Waals surface area contributed by atoms with Crippen LogP contribution in [-0.4, -0.2) is 49.1 Å². The van der Waals surface area contributed by atoms with Crippen LogP contribution < -0.4 is 9.47 Å². The Morgan fingerprint density at radius 2 is 1.35 bits per heavy atom. The van der Waals surface area contributed by atoms with E-state index in [0.717, 1.165) is 27.5 Å². The summed E-state index contributed by atoms with van der Waals surface area (Å²) < 4.78 is 39.8. The normalized spacial score (nSPS) is 13.0. The summed E-state index contributed by atoms with van der Waals surface area (Å²) in [6.45, 7) is 8.44. The maximum Gasteiger partial charge on any atom is 0.278 e. The Balaban J connectivity index is 1.50. The number of fused-ring (bicyclic) bond motifs is 3. The van der Waals surface area contributed by atoms with Gasteiger partial charge in [0, 0.05) is 29.3 Å². The minimum absolute atomic E-state index is 0.00116. The number of nitro groups is 1. The Morgan fingerprint density at radius 3 is 1.91 bits per heavy atom. The molecule has 296 valence electrons. The van der Waals surface area contributed by atoms with Crippen molar-refractivity contribution in [1.82, 2.24) is 4.67 Å². The van der Waals surface area contributed by atoms with Crippen LogP contribution in [0.2, 0.25) is 0 Å². The second-order valence-electron chi connectivity index (χ2n) is 14.0. The van der Waals surface area contributed by atoms with Gasteiger partial charge < -0.3 is 27.7 Å². The van der Waals surface area contributed by atoms with Gasteiger partial charge in [0.25, 0.3) is 14.2 Å². The van der Waals surface area contributed by atoms with E-state index < -0.39 is 25.2 Å². The Labute approximate surface area is 334 Å². The molecule has 5 aromatic carbocycles. The molecule has 0 fully saturated rings. The first-order valence-corrected chi connectivity index (χ1v) is 20.1. The first-order chi connectivity index (χ1) is 27.6. The van der Waals surface area contributed by atoms with E-state index in [1.807, 2.05) is 103 Å². The molecular formula is C45H48N3O8P. The highest BCUT2D eigenvalue weighted by Crippen LogP contribution is 2.52. The Bertz CT molecular complexity index is 2230. The smallest absolute Gasteiger partial charge is 0.278 e. The summed E-state index contributed by atoms with van der Waals surface area (Å²) in [6.07, 6.45) is -0.513. The lowest BCUT2D eigenvalue weighted by molar-refractivity contribution is -0.386. The minimum atomic E-state index is -1.81. The minimum Gasteiger partial charge on any atom is -0.497 e. The van der Waals surface area contributed by atoms with Crippen LogP contribution in [0.3, 0.4) is 0 Å². The zero-order valence-corrected chi connectivity index (χ0v) is 34.0. The van der Waals surface area contributed by atoms with Gasteiger partial charge >= 0.3 is 0 Å². The molecule has 0 saturated heterocycles. The van der Waals surface area contributed by atoms with Gasteiger partial charge in [-0.2, -0.15) is 5.26 Å². The quantitative estimate of drug-likeness (QED) is 0.0257. The van der Waals surface area contributed by atoms with Crippen molar-refractivity contribution >= 4 is 36.2 Å². The number of rotatable bonds is 19. The molecule has 0 saturated carbocycles. The van der Waals surface area contributed by atoms with E-state index in [9.17, 15) is 15.4 Å². The topological polar surface area (TPSA) is 129 Å². The number of nitriles is 1. The lowest BCUT2D eigenvalue weighted by atomic mass is 9.80. The van der Waals surface area contributed by atoms with Gasteiger partial charge in [-0.15, -0.1) is 0 Å². The molecule has 6 aromatic rings. The van der Waals surface area contributed by atoms with Crippen molar-refractivity contribution in [2.45, 2.75) is 64.3 Å². The Hall–Kier alpha value is -5.34. The van der Waals surface area contributed by atoms with Gasteiger partial charge in [0.05, 0.1) is 62.6 Å². The third kappa shape index (κ3) is 8.97. The van der Waals surface area contributed by atoms with E-state index in [2.05, 4.69) is 38.4 Å². The van der Waals surface area contributed by atoms with Crippen LogP contribution >= 0.6 is 8.53 Å². The molecule has 12 heteroatoms. The fourth-order valence-corrected chi connectivity index (χ4v) is 9.00. The third-order valence-electron chi connectivity index (χ3n) is 9.82. The highest BCUT2D eigenvalue weighted by Gasteiger charge is 2.39. The summed E-state index contributed by atoms with van der Waals surface area (Å²) in [6, 6.07) is 38.5. The number of hydrogen-bond acceptors (Lipinski definition) is 10. The van der Waals surface area contributed by atoms with Crippen molar-refractivity contribution in [3.05, 3.63) is 148 Å². The zero-order valence-electron chi connectivity index (χ0n) is 33.1. The van der Waals surface area contributed by atoms with Crippen molar-refractivity contribution < 1.29 is 32.6 Å². The van der Waals surface area contributed by atoms with Gasteiger partial charge in [0.15, 0.2) is 0 Å². The molecule has 1 heterocycles. The van der Waals surface area contributed by atoms with Gasteiger partial charge in [-0.3, -0.25) is 10.1 Å². The Morgan fingerprint density at radius 1 is 0.772 bits per heavy atom. The molecule has 1 aromatic heterocycles. The molecule has 57 heavy (non-hydrogen) atoms. The summed E-state index contributed by atoms with van der Waals surface area (Å²) in [5.74, 6) is 1.39. The first-order valence-electron chi connectivity index (χ1n) is 18.9. The fraction of sp³-hybridized carbons (Fsp3) is 0.311. The second-order valence-corrected chi connectivity index (χ2v) is 15.5. The number of ether oxygens (including phenoxy) is 3. The first kappa shape index (κ1) is 41.3. The summed E-state index contributed by atoms with van der Waals surface area (Å²) in [4.78, 5) is 12.5. The molecule has 6 rings (SSSR count). The fourth-order valence-electron chi connectivity index (χ4n) is 7.25. The number of hydrogen-bond donors (Lipinski definition) is 0. The lowest BCUT2D eigenvalue weighted by Crippen LogP contribution is -2.35. The van der Waals surface area contributed by atoms with Crippen LogP contribution in [0.5, 0.6) is 11.5 Å². The van der Waals surface area contributed by atoms with Crippen LogP contribution in [0.1, 0.15) is 68.9 Å². The number of benzene rings is 5. The number of nitrogens with zero attached hydrogens (tertiary/aromatic N) is 3. The van der Waals surface area contributed by atoms with Gasteiger partial charge in [-0.25, -0.2) is 4.67 Å².